The summed E-state index contributed by atoms with van der Waals surface area (Å²) in [5.41, 5.74) is 1.25. The highest BCUT2D eigenvalue weighted by Gasteiger charge is 2.20. The molecule has 0 saturated carbocycles. The van der Waals surface area contributed by atoms with E-state index >= 15 is 0 Å². The van der Waals surface area contributed by atoms with Crippen LogP contribution in [-0.4, -0.2) is 32.5 Å². The van der Waals surface area contributed by atoms with Gasteiger partial charge in [-0.3, -0.25) is 4.72 Å². The van der Waals surface area contributed by atoms with Gasteiger partial charge in [-0.1, -0.05) is 0 Å². The predicted molar refractivity (Wildman–Crippen MR) is 66.8 cm³/mol. The van der Waals surface area contributed by atoms with E-state index in [-0.39, 0.29) is 0 Å². The van der Waals surface area contributed by atoms with Gasteiger partial charge in [0.25, 0.3) is 0 Å². The van der Waals surface area contributed by atoms with Crippen molar-refractivity contribution >= 4 is 15.7 Å². The van der Waals surface area contributed by atoms with Crippen LogP contribution in [-0.2, 0) is 10.0 Å². The molecule has 17 heavy (non-hydrogen) atoms. The molecular weight excluding hydrogens is 242 g/mol. The summed E-state index contributed by atoms with van der Waals surface area (Å²) in [6.07, 6.45) is 0. The molecular formula is C11H17NO4S. The maximum absolute atomic E-state index is 11.7. The van der Waals surface area contributed by atoms with E-state index < -0.39 is 21.9 Å². The van der Waals surface area contributed by atoms with Crippen molar-refractivity contribution in [3.8, 4) is 5.75 Å². The highest BCUT2D eigenvalue weighted by Crippen LogP contribution is 2.22. The van der Waals surface area contributed by atoms with Crippen LogP contribution in [0, 0.1) is 6.92 Å². The number of sulfonamides is 1. The molecule has 5 nitrogen and oxygen atoms in total. The van der Waals surface area contributed by atoms with Gasteiger partial charge in [0, 0.05) is 0 Å². The average molecular weight is 259 g/mol. The summed E-state index contributed by atoms with van der Waals surface area (Å²) in [6, 6.07) is 5.05. The SMILES string of the molecule is COc1ccc(NS(=O)(=O)C(C)CO)c(C)c1. The molecule has 0 spiro atoms. The molecule has 0 radical (unpaired) electrons. The van der Waals surface area contributed by atoms with Gasteiger partial charge >= 0.3 is 0 Å². The molecule has 1 rings (SSSR count). The van der Waals surface area contributed by atoms with Crippen molar-refractivity contribution in [3.63, 3.8) is 0 Å². The molecule has 6 heteroatoms. The lowest BCUT2D eigenvalue weighted by atomic mass is 10.2. The third kappa shape index (κ3) is 3.34. The molecule has 96 valence electrons. The minimum absolute atomic E-state index is 0.412. The van der Waals surface area contributed by atoms with Crippen LogP contribution in [0.3, 0.4) is 0 Å². The van der Waals surface area contributed by atoms with E-state index in [1.54, 1.807) is 32.2 Å². The Balaban J connectivity index is 2.96. The summed E-state index contributed by atoms with van der Waals surface area (Å²) in [6.45, 7) is 2.82. The van der Waals surface area contributed by atoms with Gasteiger partial charge in [-0.15, -0.1) is 0 Å². The van der Waals surface area contributed by atoms with Crippen LogP contribution in [0.5, 0.6) is 5.75 Å². The largest absolute Gasteiger partial charge is 0.497 e. The molecule has 0 aliphatic heterocycles. The molecule has 2 N–H and O–H groups in total. The van der Waals surface area contributed by atoms with Crippen LogP contribution in [0.25, 0.3) is 0 Å². The van der Waals surface area contributed by atoms with E-state index in [1.807, 2.05) is 0 Å². The topological polar surface area (TPSA) is 75.6 Å². The summed E-state index contributed by atoms with van der Waals surface area (Å²) < 4.78 is 30.9. The maximum atomic E-state index is 11.7. The van der Waals surface area contributed by atoms with Crippen LogP contribution in [0.15, 0.2) is 18.2 Å². The molecule has 0 amide bonds. The molecule has 1 aromatic carbocycles. The number of nitrogens with one attached hydrogen (secondary N) is 1. The first-order valence-corrected chi connectivity index (χ1v) is 6.72. The molecule has 1 atom stereocenters. The van der Waals surface area contributed by atoms with Crippen molar-refractivity contribution in [1.82, 2.24) is 0 Å². The number of hydrogen-bond acceptors (Lipinski definition) is 4. The minimum Gasteiger partial charge on any atom is -0.497 e. The van der Waals surface area contributed by atoms with Crippen molar-refractivity contribution < 1.29 is 18.3 Å². The van der Waals surface area contributed by atoms with E-state index in [1.165, 1.54) is 6.92 Å². The van der Waals surface area contributed by atoms with Gasteiger partial charge in [-0.25, -0.2) is 8.42 Å². The Kier molecular flexibility index (Phi) is 4.36. The molecule has 0 fully saturated rings. The van der Waals surface area contributed by atoms with Crippen molar-refractivity contribution in [2.45, 2.75) is 19.1 Å². The minimum atomic E-state index is -3.55. The van der Waals surface area contributed by atoms with E-state index in [0.29, 0.717) is 11.4 Å². The lowest BCUT2D eigenvalue weighted by Crippen LogP contribution is -2.28. The second kappa shape index (κ2) is 5.37. The predicted octanol–water partition coefficient (Wildman–Crippen LogP) is 1.13. The van der Waals surface area contributed by atoms with Crippen LogP contribution >= 0.6 is 0 Å². The zero-order chi connectivity index (χ0) is 13.1. The Morgan fingerprint density at radius 2 is 2.12 bits per heavy atom. The van der Waals surface area contributed by atoms with Gasteiger partial charge in [-0.05, 0) is 37.6 Å². The van der Waals surface area contributed by atoms with Crippen molar-refractivity contribution in [3.05, 3.63) is 23.8 Å². The third-order valence-electron chi connectivity index (χ3n) is 2.47. The molecule has 0 saturated heterocycles. The number of hydrogen-bond donors (Lipinski definition) is 2. The van der Waals surface area contributed by atoms with Crippen LogP contribution in [0.4, 0.5) is 5.69 Å². The summed E-state index contributed by atoms with van der Waals surface area (Å²) >= 11 is 0. The van der Waals surface area contributed by atoms with Crippen molar-refractivity contribution in [2.75, 3.05) is 18.4 Å². The number of anilines is 1. The highest BCUT2D eigenvalue weighted by molar-refractivity contribution is 7.93. The quantitative estimate of drug-likeness (QED) is 0.831. The number of rotatable bonds is 5. The Morgan fingerprint density at radius 1 is 1.47 bits per heavy atom. The van der Waals surface area contributed by atoms with E-state index in [9.17, 15) is 8.42 Å². The Labute approximate surface area is 101 Å². The third-order valence-corrected chi connectivity index (χ3v) is 4.19. The maximum Gasteiger partial charge on any atom is 0.237 e. The average Bonchev–Trinajstić information content (AvgIpc) is 2.30. The van der Waals surface area contributed by atoms with Crippen LogP contribution < -0.4 is 9.46 Å². The first-order valence-electron chi connectivity index (χ1n) is 5.18. The number of aryl methyl sites for hydroxylation is 1. The summed E-state index contributed by atoms with van der Waals surface area (Å²) in [4.78, 5) is 0. The molecule has 0 heterocycles. The van der Waals surface area contributed by atoms with Crippen LogP contribution in [0.2, 0.25) is 0 Å². The summed E-state index contributed by atoms with van der Waals surface area (Å²) in [5.74, 6) is 0.667. The van der Waals surface area contributed by atoms with Gasteiger partial charge in [0.1, 0.15) is 11.0 Å². The summed E-state index contributed by atoms with van der Waals surface area (Å²) in [7, 11) is -2.00. The molecule has 1 unspecified atom stereocenters. The smallest absolute Gasteiger partial charge is 0.237 e. The second-order valence-corrected chi connectivity index (χ2v) is 5.92. The number of aliphatic hydroxyl groups excluding tert-OH is 1. The van der Waals surface area contributed by atoms with Gasteiger partial charge in [0.15, 0.2) is 0 Å². The summed E-state index contributed by atoms with van der Waals surface area (Å²) in [5, 5.41) is 8.02. The van der Waals surface area contributed by atoms with Crippen molar-refractivity contribution in [1.29, 1.82) is 0 Å². The van der Waals surface area contributed by atoms with Crippen molar-refractivity contribution in [2.24, 2.45) is 0 Å². The fraction of sp³-hybridized carbons (Fsp3) is 0.455. The Hall–Kier alpha value is -1.27. The molecule has 0 aromatic heterocycles. The van der Waals surface area contributed by atoms with Gasteiger partial charge in [0.2, 0.25) is 10.0 Å². The number of aliphatic hydroxyl groups is 1. The van der Waals surface area contributed by atoms with E-state index in [2.05, 4.69) is 4.72 Å². The lowest BCUT2D eigenvalue weighted by Gasteiger charge is -2.14. The van der Waals surface area contributed by atoms with Gasteiger partial charge < -0.3 is 9.84 Å². The molecule has 0 aliphatic rings. The number of ether oxygens (including phenoxy) is 1. The lowest BCUT2D eigenvalue weighted by molar-refractivity contribution is 0.296. The second-order valence-electron chi connectivity index (χ2n) is 3.82. The van der Waals surface area contributed by atoms with Gasteiger partial charge in [0.05, 0.1) is 19.4 Å². The van der Waals surface area contributed by atoms with Gasteiger partial charge in [-0.2, -0.15) is 0 Å². The monoisotopic (exact) mass is 259 g/mol. The molecule has 0 bridgehead atoms. The normalized spacial score (nSPS) is 13.2. The fourth-order valence-electron chi connectivity index (χ4n) is 1.23. The first kappa shape index (κ1) is 13.8. The van der Waals surface area contributed by atoms with E-state index in [4.69, 9.17) is 9.84 Å². The van der Waals surface area contributed by atoms with Crippen LogP contribution in [0.1, 0.15) is 12.5 Å². The highest BCUT2D eigenvalue weighted by atomic mass is 32.2. The first-order chi connectivity index (χ1) is 7.90. The zero-order valence-corrected chi connectivity index (χ0v) is 10.9. The fourth-order valence-corrected chi connectivity index (χ4v) is 2.16. The molecule has 1 aromatic rings. The molecule has 0 aliphatic carbocycles. The zero-order valence-electron chi connectivity index (χ0n) is 10.1. The Bertz CT molecular complexity index is 484. The van der Waals surface area contributed by atoms with E-state index in [0.717, 1.165) is 5.56 Å². The number of benzene rings is 1. The Morgan fingerprint density at radius 3 is 2.59 bits per heavy atom. The standard InChI is InChI=1S/C11H17NO4S/c1-8-6-10(16-3)4-5-11(8)12-17(14,15)9(2)7-13/h4-6,9,12-13H,7H2,1-3H3. The number of methoxy groups -OCH3 is 1.